The quantitative estimate of drug-likeness (QED) is 0.0337. The number of carbonyl (C=O) groups excluding carboxylic acids is 10. The zero-order valence-electron chi connectivity index (χ0n) is 88.6. The summed E-state index contributed by atoms with van der Waals surface area (Å²) in [6.07, 6.45) is 4.85. The largest absolute Gasteiger partial charge is 0.510 e. The van der Waals surface area contributed by atoms with E-state index in [0.717, 1.165) is 32.1 Å². The van der Waals surface area contributed by atoms with Crippen LogP contribution in [-0.4, -0.2) is 190 Å². The van der Waals surface area contributed by atoms with Crippen LogP contribution >= 0.6 is 0 Å². The van der Waals surface area contributed by atoms with Crippen LogP contribution in [-0.2, 0) is 133 Å². The minimum atomic E-state index is -0.689. The van der Waals surface area contributed by atoms with Gasteiger partial charge in [-0.15, -0.1) is 0 Å². The van der Waals surface area contributed by atoms with Crippen LogP contribution in [0.4, 0.5) is 4.79 Å². The zero-order valence-corrected chi connectivity index (χ0v) is 88.6. The van der Waals surface area contributed by atoms with E-state index in [1.54, 1.807) is 90.1 Å². The fraction of sp³-hybridized carbons (Fsp3) is 0.782. The predicted octanol–water partition coefficient (Wildman–Crippen LogP) is 22.8. The molecule has 0 aliphatic heterocycles. The standard InChI is InChI=1S/C13H18O3.C12H16O3.C12H24O3.C10H18O3.2C10H20O3.C9H16O3.C9H18O3.C8H16O4.C8H16O3/c1-4-12(15-10(2)3)16-13(14)11-8-6-5-7-9-11;1-9(2)14-10(3)15-12(13)11-7-5-4-6-8-11;1-8(2)7-11(13)15-12(9(3)4)14-10(5)6;1-4-9(12-7(2)3)13-10(11)8-5-6-8;1-6-9(12-8(4)5)13-10(11)7(2)3;1-6-9(11)13-10(7(2)3)12-8(4)5;1-6(2)11-7(3)12-9(10)8-4-5-8;1-5-8(10)12-9(6-2)11-7(3)4;1-6(2)10-5-11-8(9)12-7(3)4;1-5-8(10-6(2)3)11-7(4)9/h5-10,12H,4H2,1-3H3;4-10H,1-3H3;8-10,12H,7H2,1-6H3;7-9H,4-6H2,1-3H3;7-9H,6H2,1-5H3;7-8,10H,6H2,1-5H3;6-8H,4-5H2,1-3H3;7,9H,5-6H2,1-4H3;6-7H,5H2,1-4H3;6,8H,5H2,1-4H3. The summed E-state index contributed by atoms with van der Waals surface area (Å²) in [6, 6.07) is 17.8. The van der Waals surface area contributed by atoms with Gasteiger partial charge in [-0.2, -0.15) is 0 Å². The molecule has 9 atom stereocenters. The van der Waals surface area contributed by atoms with Gasteiger partial charge in [0, 0.05) is 70.1 Å². The van der Waals surface area contributed by atoms with E-state index < -0.39 is 43.9 Å². The second-order valence-electron chi connectivity index (χ2n) is 35.0. The molecule has 772 valence electrons. The Labute approximate surface area is 795 Å². The Bertz CT molecular complexity index is 3170. The van der Waals surface area contributed by atoms with Gasteiger partial charge in [-0.1, -0.05) is 140 Å². The van der Waals surface area contributed by atoms with E-state index >= 15 is 0 Å². The summed E-state index contributed by atoms with van der Waals surface area (Å²) >= 11 is 0. The molecule has 0 amide bonds. The maximum atomic E-state index is 11.7. The molecule has 2 aromatic carbocycles. The molecule has 0 N–H and O–H groups in total. The fourth-order valence-corrected chi connectivity index (χ4v) is 9.08. The molecule has 2 fully saturated rings. The normalized spacial score (nSPS) is 14.0. The van der Waals surface area contributed by atoms with Crippen LogP contribution < -0.4 is 0 Å². The Morgan fingerprint density at radius 3 is 0.902 bits per heavy atom. The second-order valence-corrected chi connectivity index (χ2v) is 35.0. The molecule has 9 unspecified atom stereocenters. The van der Waals surface area contributed by atoms with Crippen LogP contribution in [0.2, 0.25) is 0 Å². The van der Waals surface area contributed by atoms with Crippen LogP contribution in [0.3, 0.4) is 0 Å². The third kappa shape index (κ3) is 89.1. The summed E-state index contributed by atoms with van der Waals surface area (Å²) in [4.78, 5) is 111. The van der Waals surface area contributed by atoms with Crippen molar-refractivity contribution in [3.05, 3.63) is 71.8 Å². The first kappa shape index (κ1) is 135. The van der Waals surface area contributed by atoms with E-state index in [1.165, 1.54) is 6.92 Å². The lowest BCUT2D eigenvalue weighted by Crippen LogP contribution is -2.29. The Morgan fingerprint density at radius 1 is 0.303 bits per heavy atom. The Balaban J connectivity index is -0.000000335. The predicted molar refractivity (Wildman–Crippen MR) is 509 cm³/mol. The number of carbonyl (C=O) groups is 10. The number of hydrogen-bond acceptors (Lipinski definition) is 31. The number of rotatable bonds is 47. The third-order valence-corrected chi connectivity index (χ3v) is 15.3. The lowest BCUT2D eigenvalue weighted by molar-refractivity contribution is -0.199. The molecule has 2 saturated carbocycles. The van der Waals surface area contributed by atoms with Crippen LogP contribution in [0, 0.1) is 35.5 Å². The minimum Gasteiger partial charge on any atom is -0.436 e. The SMILES string of the molecule is CC(C)CC(=O)OC(OC(C)C)C(C)C.CC(C)OC(C)OC(=O)C1CC1.CC(C)OC(C)OC(=O)c1ccccc1.CC(C)OCOC(=O)OC(C)C.CCC(=O)OC(CC)OC(C)C.CCC(=O)OC(OC(C)C)C(C)C.CCC(OC(=O)C(C)C)OC(C)C.CCC(OC(=O)C1CC1)OC(C)C.CCC(OC(=O)c1ccccc1)OC(C)C.CCC(OC(C)=O)OC(C)C. The molecule has 2 aliphatic rings. The van der Waals surface area contributed by atoms with Crippen molar-refractivity contribution in [3.63, 3.8) is 0 Å². The van der Waals surface area contributed by atoms with Crippen molar-refractivity contribution in [1.82, 2.24) is 0 Å². The van der Waals surface area contributed by atoms with E-state index in [-0.39, 0.29) is 176 Å². The van der Waals surface area contributed by atoms with Crippen molar-refractivity contribution in [3.8, 4) is 0 Å². The molecule has 0 aromatic heterocycles. The molecule has 0 bridgehead atoms. The highest BCUT2D eigenvalue weighted by Crippen LogP contribution is 2.32. The van der Waals surface area contributed by atoms with Crippen molar-refractivity contribution in [2.24, 2.45) is 35.5 Å². The van der Waals surface area contributed by atoms with Gasteiger partial charge in [-0.3, -0.25) is 33.6 Å². The van der Waals surface area contributed by atoms with E-state index in [1.807, 2.05) is 241 Å². The smallest absolute Gasteiger partial charge is 0.436 e. The molecule has 0 spiro atoms. The van der Waals surface area contributed by atoms with E-state index in [2.05, 4.69) is 4.74 Å². The molecule has 31 nitrogen and oxygen atoms in total. The highest BCUT2D eigenvalue weighted by Gasteiger charge is 2.34. The summed E-state index contributed by atoms with van der Waals surface area (Å²) in [6.45, 7) is 75.3. The first-order valence-electron chi connectivity index (χ1n) is 47.6. The van der Waals surface area contributed by atoms with Crippen molar-refractivity contribution in [2.45, 2.75) is 478 Å². The Morgan fingerprint density at radius 2 is 0.606 bits per heavy atom. The lowest BCUT2D eigenvalue weighted by Gasteiger charge is -2.24. The highest BCUT2D eigenvalue weighted by atomic mass is 16.8. The van der Waals surface area contributed by atoms with Gasteiger partial charge in [0.25, 0.3) is 0 Å². The Kier molecular flexibility index (Phi) is 83.9. The van der Waals surface area contributed by atoms with E-state index in [0.29, 0.717) is 62.0 Å². The average Bonchev–Trinajstić information content (AvgIpc) is 1.74. The second kappa shape index (κ2) is 81.9. The number of benzene rings is 2. The fourth-order valence-electron chi connectivity index (χ4n) is 9.08. The van der Waals surface area contributed by atoms with Crippen molar-refractivity contribution >= 4 is 59.9 Å². The summed E-state index contributed by atoms with van der Waals surface area (Å²) in [5.41, 5.74) is 1.09. The number of ether oxygens (including phenoxy) is 21. The lowest BCUT2D eigenvalue weighted by atomic mass is 10.1. The first-order chi connectivity index (χ1) is 61.4. The van der Waals surface area contributed by atoms with Gasteiger partial charge in [0.05, 0.1) is 96.0 Å². The van der Waals surface area contributed by atoms with Crippen molar-refractivity contribution < 1.29 is 147 Å². The van der Waals surface area contributed by atoms with Gasteiger partial charge >= 0.3 is 59.9 Å². The molecular formula is C101H182O31. The van der Waals surface area contributed by atoms with Crippen LogP contribution in [0.25, 0.3) is 0 Å². The zero-order chi connectivity index (χ0) is 103. The van der Waals surface area contributed by atoms with Gasteiger partial charge < -0.3 is 99.5 Å². The molecule has 0 saturated heterocycles. The molecule has 0 heterocycles. The molecule has 2 aromatic rings. The molecule has 31 heteroatoms. The van der Waals surface area contributed by atoms with Crippen LogP contribution in [0.1, 0.15) is 375 Å². The van der Waals surface area contributed by atoms with Gasteiger partial charge in [0.1, 0.15) is 0 Å². The molecule has 4 rings (SSSR count). The van der Waals surface area contributed by atoms with Crippen molar-refractivity contribution in [2.75, 3.05) is 6.79 Å². The molecule has 132 heavy (non-hydrogen) atoms. The number of esters is 9. The maximum Gasteiger partial charge on any atom is 0.510 e. The summed E-state index contributed by atoms with van der Waals surface area (Å²) in [7, 11) is 0. The van der Waals surface area contributed by atoms with Gasteiger partial charge in [0.2, 0.25) is 50.3 Å². The highest BCUT2D eigenvalue weighted by molar-refractivity contribution is 5.90. The van der Waals surface area contributed by atoms with Gasteiger partial charge in [-0.25, -0.2) is 14.4 Å². The molecule has 0 radical (unpaired) electrons. The minimum absolute atomic E-state index is 0.0450. The monoisotopic (exact) mass is 1890 g/mol. The summed E-state index contributed by atoms with van der Waals surface area (Å²) in [5.74, 6) is -1.06. The summed E-state index contributed by atoms with van der Waals surface area (Å²) < 4.78 is 108. The topological polar surface area (TPSA) is 365 Å². The van der Waals surface area contributed by atoms with Crippen LogP contribution in [0.15, 0.2) is 60.7 Å². The summed E-state index contributed by atoms with van der Waals surface area (Å²) in [5, 5.41) is 0. The average molecular weight is 1890 g/mol. The van der Waals surface area contributed by atoms with E-state index in [9.17, 15) is 47.9 Å². The Hall–Kier alpha value is -7.46. The van der Waals surface area contributed by atoms with Crippen LogP contribution in [0.5, 0.6) is 0 Å². The third-order valence-electron chi connectivity index (χ3n) is 15.3. The maximum absolute atomic E-state index is 11.7. The van der Waals surface area contributed by atoms with Gasteiger partial charge in [0.15, 0.2) is 13.1 Å². The molecule has 2 aliphatic carbocycles. The first-order valence-corrected chi connectivity index (χ1v) is 47.6. The molecular weight excluding hydrogens is 1710 g/mol. The van der Waals surface area contributed by atoms with Gasteiger partial charge in [-0.05, 0) is 222 Å². The number of hydrogen-bond donors (Lipinski definition) is 0. The van der Waals surface area contributed by atoms with Crippen molar-refractivity contribution in [1.29, 1.82) is 0 Å². The van der Waals surface area contributed by atoms with E-state index in [4.69, 9.17) is 94.7 Å².